The lowest BCUT2D eigenvalue weighted by atomic mass is 10.1. The van der Waals surface area contributed by atoms with Crippen LogP contribution in [-0.2, 0) is 11.2 Å². The van der Waals surface area contributed by atoms with E-state index in [0.717, 1.165) is 42.2 Å². The standard InChI is InChI=1S/C22H25N5OS/c1-16(7-8-17-5-3-2-4-6-17)24-20(28)15-29-22-26-25-21(27(22)19-9-10-19)18-11-13-23-14-12-18/h2-6,11-14,16,19H,7-10,15H2,1H3,(H,24,28)/t16-/m1/s1. The lowest BCUT2D eigenvalue weighted by molar-refractivity contribution is -0.119. The average molecular weight is 408 g/mol. The van der Waals surface area contributed by atoms with E-state index in [4.69, 9.17) is 0 Å². The van der Waals surface area contributed by atoms with E-state index in [1.165, 1.54) is 17.3 Å². The van der Waals surface area contributed by atoms with Crippen molar-refractivity contribution in [2.45, 2.75) is 49.8 Å². The summed E-state index contributed by atoms with van der Waals surface area (Å²) in [5.74, 6) is 1.23. The molecule has 4 rings (SSSR count). The van der Waals surface area contributed by atoms with Gasteiger partial charge in [0.15, 0.2) is 11.0 Å². The Morgan fingerprint density at radius 2 is 1.93 bits per heavy atom. The Labute approximate surface area is 175 Å². The second kappa shape index (κ2) is 9.22. The summed E-state index contributed by atoms with van der Waals surface area (Å²) in [7, 11) is 0. The molecule has 6 nitrogen and oxygen atoms in total. The van der Waals surface area contributed by atoms with Crippen LogP contribution in [0.3, 0.4) is 0 Å². The molecule has 2 heterocycles. The fourth-order valence-electron chi connectivity index (χ4n) is 3.28. The van der Waals surface area contributed by atoms with Gasteiger partial charge in [0.1, 0.15) is 0 Å². The Morgan fingerprint density at radius 3 is 2.66 bits per heavy atom. The van der Waals surface area contributed by atoms with Gasteiger partial charge in [-0.3, -0.25) is 14.3 Å². The zero-order valence-electron chi connectivity index (χ0n) is 16.5. The molecule has 3 aromatic rings. The number of nitrogens with zero attached hydrogens (tertiary/aromatic N) is 4. The van der Waals surface area contributed by atoms with Gasteiger partial charge in [0.2, 0.25) is 5.91 Å². The van der Waals surface area contributed by atoms with Crippen molar-refractivity contribution in [3.05, 3.63) is 60.4 Å². The van der Waals surface area contributed by atoms with Crippen LogP contribution in [0, 0.1) is 0 Å². The minimum atomic E-state index is 0.0337. The summed E-state index contributed by atoms with van der Waals surface area (Å²) >= 11 is 1.46. The molecule has 150 valence electrons. The molecule has 1 saturated carbocycles. The van der Waals surface area contributed by atoms with Gasteiger partial charge in [-0.05, 0) is 50.3 Å². The van der Waals surface area contributed by atoms with Crippen LogP contribution < -0.4 is 5.32 Å². The second-order valence-electron chi connectivity index (χ2n) is 7.42. The quantitative estimate of drug-likeness (QED) is 0.545. The fraction of sp³-hybridized carbons (Fsp3) is 0.364. The van der Waals surface area contributed by atoms with Crippen molar-refractivity contribution in [2.75, 3.05) is 5.75 Å². The van der Waals surface area contributed by atoms with Crippen LogP contribution in [0.1, 0.15) is 37.8 Å². The molecule has 2 aromatic heterocycles. The van der Waals surface area contributed by atoms with Crippen LogP contribution in [0.25, 0.3) is 11.4 Å². The third-order valence-corrected chi connectivity index (χ3v) is 5.91. The molecule has 1 aliphatic rings. The van der Waals surface area contributed by atoms with E-state index in [2.05, 4.69) is 44.1 Å². The maximum absolute atomic E-state index is 12.4. The second-order valence-corrected chi connectivity index (χ2v) is 8.37. The Morgan fingerprint density at radius 1 is 1.17 bits per heavy atom. The van der Waals surface area contributed by atoms with E-state index in [0.29, 0.717) is 11.8 Å². The van der Waals surface area contributed by atoms with Crippen molar-refractivity contribution in [1.29, 1.82) is 0 Å². The maximum atomic E-state index is 12.4. The molecule has 0 aliphatic heterocycles. The Balaban J connectivity index is 1.32. The molecule has 0 unspecified atom stereocenters. The van der Waals surface area contributed by atoms with Gasteiger partial charge in [-0.1, -0.05) is 42.1 Å². The highest BCUT2D eigenvalue weighted by Crippen LogP contribution is 2.40. The van der Waals surface area contributed by atoms with Gasteiger partial charge < -0.3 is 5.32 Å². The summed E-state index contributed by atoms with van der Waals surface area (Å²) in [5.41, 5.74) is 2.30. The minimum absolute atomic E-state index is 0.0337. The maximum Gasteiger partial charge on any atom is 0.230 e. The molecule has 1 N–H and O–H groups in total. The van der Waals surface area contributed by atoms with Crippen LogP contribution in [0.5, 0.6) is 0 Å². The monoisotopic (exact) mass is 407 g/mol. The van der Waals surface area contributed by atoms with Crippen molar-refractivity contribution in [1.82, 2.24) is 25.1 Å². The van der Waals surface area contributed by atoms with Gasteiger partial charge in [-0.25, -0.2) is 0 Å². The molecular formula is C22H25N5OS. The van der Waals surface area contributed by atoms with Crippen LogP contribution >= 0.6 is 11.8 Å². The average Bonchev–Trinajstić information content (AvgIpc) is 3.51. The number of carbonyl (C=O) groups excluding carboxylic acids is 1. The number of thioether (sulfide) groups is 1. The summed E-state index contributed by atoms with van der Waals surface area (Å²) in [4.78, 5) is 16.5. The number of hydrogen-bond donors (Lipinski definition) is 1. The van der Waals surface area contributed by atoms with Crippen LogP contribution in [0.15, 0.2) is 60.0 Å². The molecule has 0 radical (unpaired) electrons. The van der Waals surface area contributed by atoms with Gasteiger partial charge in [0.05, 0.1) is 5.75 Å². The summed E-state index contributed by atoms with van der Waals surface area (Å²) < 4.78 is 2.17. The first-order valence-electron chi connectivity index (χ1n) is 10.0. The minimum Gasteiger partial charge on any atom is -0.353 e. The van der Waals surface area contributed by atoms with E-state index < -0.39 is 0 Å². The van der Waals surface area contributed by atoms with E-state index in [9.17, 15) is 4.79 Å². The topological polar surface area (TPSA) is 72.7 Å². The lowest BCUT2D eigenvalue weighted by Gasteiger charge is -2.14. The van der Waals surface area contributed by atoms with Crippen molar-refractivity contribution < 1.29 is 4.79 Å². The fourth-order valence-corrected chi connectivity index (χ4v) is 4.10. The number of amides is 1. The number of benzene rings is 1. The van der Waals surface area contributed by atoms with Gasteiger partial charge >= 0.3 is 0 Å². The van der Waals surface area contributed by atoms with Gasteiger partial charge in [-0.2, -0.15) is 0 Å². The van der Waals surface area contributed by atoms with Crippen molar-refractivity contribution in [3.63, 3.8) is 0 Å². The van der Waals surface area contributed by atoms with Crippen molar-refractivity contribution in [3.8, 4) is 11.4 Å². The Bertz CT molecular complexity index is 940. The van der Waals surface area contributed by atoms with Crippen LogP contribution in [-0.4, -0.2) is 37.5 Å². The first-order valence-corrected chi connectivity index (χ1v) is 11.0. The number of aryl methyl sites for hydroxylation is 1. The molecule has 1 atom stereocenters. The van der Waals surface area contributed by atoms with Gasteiger partial charge in [0.25, 0.3) is 0 Å². The molecule has 0 bridgehead atoms. The summed E-state index contributed by atoms with van der Waals surface area (Å²) in [6.07, 6.45) is 7.67. The number of hydrogen-bond acceptors (Lipinski definition) is 5. The number of pyridine rings is 1. The first-order chi connectivity index (χ1) is 14.2. The van der Waals surface area contributed by atoms with Gasteiger partial charge in [0, 0.05) is 30.0 Å². The summed E-state index contributed by atoms with van der Waals surface area (Å²) in [6, 6.07) is 14.8. The highest BCUT2D eigenvalue weighted by molar-refractivity contribution is 7.99. The molecular weight excluding hydrogens is 382 g/mol. The highest BCUT2D eigenvalue weighted by Gasteiger charge is 2.30. The molecule has 1 aliphatic carbocycles. The Kier molecular flexibility index (Phi) is 6.24. The SMILES string of the molecule is C[C@H](CCc1ccccc1)NC(=O)CSc1nnc(-c2ccncc2)n1C1CC1. The van der Waals surface area contributed by atoms with E-state index in [1.54, 1.807) is 12.4 Å². The molecule has 1 fully saturated rings. The third kappa shape index (κ3) is 5.23. The first kappa shape index (κ1) is 19.6. The molecule has 0 saturated heterocycles. The molecule has 29 heavy (non-hydrogen) atoms. The molecule has 1 amide bonds. The number of aromatic nitrogens is 4. The van der Waals surface area contributed by atoms with E-state index in [-0.39, 0.29) is 11.9 Å². The summed E-state index contributed by atoms with van der Waals surface area (Å²) in [6.45, 7) is 2.06. The lowest BCUT2D eigenvalue weighted by Crippen LogP contribution is -2.34. The molecule has 0 spiro atoms. The summed E-state index contributed by atoms with van der Waals surface area (Å²) in [5, 5.41) is 12.6. The largest absolute Gasteiger partial charge is 0.353 e. The predicted octanol–water partition coefficient (Wildman–Crippen LogP) is 3.90. The number of rotatable bonds is 9. The third-order valence-electron chi connectivity index (χ3n) is 4.96. The number of nitrogens with one attached hydrogen (secondary N) is 1. The van der Waals surface area contributed by atoms with E-state index in [1.807, 2.05) is 30.3 Å². The molecule has 7 heteroatoms. The highest BCUT2D eigenvalue weighted by atomic mass is 32.2. The zero-order chi connectivity index (χ0) is 20.1. The predicted molar refractivity (Wildman–Crippen MR) is 115 cm³/mol. The normalized spacial score (nSPS) is 14.5. The zero-order valence-corrected chi connectivity index (χ0v) is 17.3. The van der Waals surface area contributed by atoms with Gasteiger partial charge in [-0.15, -0.1) is 10.2 Å². The van der Waals surface area contributed by atoms with Crippen LogP contribution in [0.4, 0.5) is 0 Å². The molecule has 1 aromatic carbocycles. The van der Waals surface area contributed by atoms with Crippen molar-refractivity contribution in [2.24, 2.45) is 0 Å². The smallest absolute Gasteiger partial charge is 0.230 e. The Hall–Kier alpha value is -2.67. The number of carbonyl (C=O) groups is 1. The van der Waals surface area contributed by atoms with Crippen molar-refractivity contribution >= 4 is 17.7 Å². The van der Waals surface area contributed by atoms with E-state index >= 15 is 0 Å². The van der Waals surface area contributed by atoms with Crippen LogP contribution in [0.2, 0.25) is 0 Å².